The predicted octanol–water partition coefficient (Wildman–Crippen LogP) is 2.43. The lowest BCUT2D eigenvalue weighted by atomic mass is 10.0. The molecule has 1 aromatic carbocycles. The van der Waals surface area contributed by atoms with Gasteiger partial charge < -0.3 is 5.11 Å². The van der Waals surface area contributed by atoms with Crippen molar-refractivity contribution in [3.05, 3.63) is 41.2 Å². The Morgan fingerprint density at radius 3 is 2.38 bits per heavy atom. The second-order valence-electron chi connectivity index (χ2n) is 2.76. The molecule has 3 heteroatoms. The zero-order chi connectivity index (χ0) is 9.84. The Bertz CT molecular complexity index is 348. The van der Waals surface area contributed by atoms with E-state index in [0.717, 1.165) is 5.56 Å². The fourth-order valence-corrected chi connectivity index (χ4v) is 0.980. The van der Waals surface area contributed by atoms with Gasteiger partial charge in [-0.15, -0.1) is 0 Å². The van der Waals surface area contributed by atoms with Crippen LogP contribution in [0.25, 0.3) is 4.85 Å². The lowest BCUT2D eigenvalue weighted by Gasteiger charge is -2.05. The van der Waals surface area contributed by atoms with Gasteiger partial charge in [-0.3, -0.25) is 4.79 Å². The first-order valence-corrected chi connectivity index (χ1v) is 3.85. The number of hydrogen-bond acceptors (Lipinski definition) is 1. The summed E-state index contributed by atoms with van der Waals surface area (Å²) in [5, 5.41) is 8.70. The molecule has 0 aliphatic carbocycles. The van der Waals surface area contributed by atoms with Crippen molar-refractivity contribution in [1.82, 2.24) is 0 Å². The Kier molecular flexibility index (Phi) is 2.65. The molecule has 0 heterocycles. The highest BCUT2D eigenvalue weighted by Crippen LogP contribution is 2.19. The SMILES string of the molecule is [C-]#[N+]c1ccc(C(C)C(=O)O)cc1. The van der Waals surface area contributed by atoms with Crippen LogP contribution in [0.2, 0.25) is 0 Å². The van der Waals surface area contributed by atoms with E-state index in [4.69, 9.17) is 11.7 Å². The minimum Gasteiger partial charge on any atom is -0.481 e. The Hall–Kier alpha value is -1.82. The predicted molar refractivity (Wildman–Crippen MR) is 48.8 cm³/mol. The molecule has 13 heavy (non-hydrogen) atoms. The van der Waals surface area contributed by atoms with Gasteiger partial charge in [-0.2, -0.15) is 0 Å². The van der Waals surface area contributed by atoms with Crippen LogP contribution in [0.1, 0.15) is 18.4 Å². The van der Waals surface area contributed by atoms with Crippen LogP contribution in [-0.4, -0.2) is 11.1 Å². The second kappa shape index (κ2) is 3.72. The van der Waals surface area contributed by atoms with Crippen molar-refractivity contribution >= 4 is 11.7 Å². The largest absolute Gasteiger partial charge is 0.481 e. The van der Waals surface area contributed by atoms with Crippen LogP contribution in [0, 0.1) is 6.57 Å². The quantitative estimate of drug-likeness (QED) is 0.701. The van der Waals surface area contributed by atoms with E-state index in [1.165, 1.54) is 0 Å². The summed E-state index contributed by atoms with van der Waals surface area (Å²) in [6.07, 6.45) is 0. The lowest BCUT2D eigenvalue weighted by Crippen LogP contribution is -2.06. The average Bonchev–Trinajstić information content (AvgIpc) is 2.17. The minimum atomic E-state index is -0.851. The van der Waals surface area contributed by atoms with Gasteiger partial charge in [-0.05, 0) is 12.5 Å². The van der Waals surface area contributed by atoms with E-state index in [-0.39, 0.29) is 0 Å². The third-order valence-electron chi connectivity index (χ3n) is 1.89. The molecule has 1 atom stereocenters. The molecule has 0 aliphatic rings. The molecule has 1 N–H and O–H groups in total. The van der Waals surface area contributed by atoms with Crippen molar-refractivity contribution in [2.24, 2.45) is 0 Å². The topological polar surface area (TPSA) is 41.7 Å². The summed E-state index contributed by atoms with van der Waals surface area (Å²) >= 11 is 0. The summed E-state index contributed by atoms with van der Waals surface area (Å²) < 4.78 is 0. The van der Waals surface area contributed by atoms with E-state index >= 15 is 0 Å². The Balaban J connectivity index is 2.93. The van der Waals surface area contributed by atoms with Gasteiger partial charge in [-0.1, -0.05) is 24.3 Å². The first-order valence-electron chi connectivity index (χ1n) is 3.85. The first-order chi connectivity index (χ1) is 6.15. The summed E-state index contributed by atoms with van der Waals surface area (Å²) in [6.45, 7) is 8.33. The Morgan fingerprint density at radius 2 is 2.00 bits per heavy atom. The third-order valence-corrected chi connectivity index (χ3v) is 1.89. The maximum absolute atomic E-state index is 10.6. The van der Waals surface area contributed by atoms with Crippen LogP contribution >= 0.6 is 0 Å². The number of carboxylic acids is 1. The zero-order valence-corrected chi connectivity index (χ0v) is 7.19. The van der Waals surface area contributed by atoms with Gasteiger partial charge in [0.2, 0.25) is 0 Å². The molecular formula is C10H9NO2. The van der Waals surface area contributed by atoms with Gasteiger partial charge in [0.05, 0.1) is 12.5 Å². The molecule has 0 fully saturated rings. The molecule has 0 saturated carbocycles. The van der Waals surface area contributed by atoms with E-state index < -0.39 is 11.9 Å². The van der Waals surface area contributed by atoms with Crippen LogP contribution in [0.5, 0.6) is 0 Å². The number of carbonyl (C=O) groups is 1. The van der Waals surface area contributed by atoms with E-state index in [0.29, 0.717) is 5.69 Å². The van der Waals surface area contributed by atoms with Crippen molar-refractivity contribution in [1.29, 1.82) is 0 Å². The number of nitrogens with zero attached hydrogens (tertiary/aromatic N) is 1. The second-order valence-corrected chi connectivity index (χ2v) is 2.76. The molecule has 0 aromatic heterocycles. The molecule has 1 unspecified atom stereocenters. The normalized spacial score (nSPS) is 11.7. The van der Waals surface area contributed by atoms with Gasteiger partial charge in [0.25, 0.3) is 0 Å². The highest BCUT2D eigenvalue weighted by atomic mass is 16.4. The van der Waals surface area contributed by atoms with Gasteiger partial charge in [0.15, 0.2) is 5.69 Å². The monoisotopic (exact) mass is 175 g/mol. The minimum absolute atomic E-state index is 0.514. The van der Waals surface area contributed by atoms with Gasteiger partial charge in [-0.25, -0.2) is 4.85 Å². The van der Waals surface area contributed by atoms with Gasteiger partial charge in [0, 0.05) is 0 Å². The van der Waals surface area contributed by atoms with E-state index in [1.807, 2.05) is 0 Å². The van der Waals surface area contributed by atoms with E-state index in [2.05, 4.69) is 4.85 Å². The maximum Gasteiger partial charge on any atom is 0.310 e. The standard InChI is InChI=1S/C10H9NO2/c1-7(10(12)13)8-3-5-9(11-2)6-4-8/h3-7H,1H3,(H,12,13). The number of hydrogen-bond donors (Lipinski definition) is 1. The van der Waals surface area contributed by atoms with Crippen molar-refractivity contribution in [3.63, 3.8) is 0 Å². The van der Waals surface area contributed by atoms with Crippen molar-refractivity contribution in [2.75, 3.05) is 0 Å². The van der Waals surface area contributed by atoms with Crippen molar-refractivity contribution in [2.45, 2.75) is 12.8 Å². The number of aliphatic carboxylic acids is 1. The molecule has 1 rings (SSSR count). The van der Waals surface area contributed by atoms with Crippen LogP contribution in [0.4, 0.5) is 5.69 Å². The molecule has 0 saturated heterocycles. The van der Waals surface area contributed by atoms with Gasteiger partial charge >= 0.3 is 5.97 Å². The fraction of sp³-hybridized carbons (Fsp3) is 0.200. The Labute approximate surface area is 76.4 Å². The summed E-state index contributed by atoms with van der Waals surface area (Å²) in [4.78, 5) is 13.8. The molecule has 0 amide bonds. The Morgan fingerprint density at radius 1 is 1.46 bits per heavy atom. The highest BCUT2D eigenvalue weighted by molar-refractivity contribution is 5.75. The molecule has 3 nitrogen and oxygen atoms in total. The molecule has 0 spiro atoms. The summed E-state index contributed by atoms with van der Waals surface area (Å²) in [5.41, 5.74) is 1.25. The smallest absolute Gasteiger partial charge is 0.310 e. The maximum atomic E-state index is 10.6. The summed E-state index contributed by atoms with van der Waals surface area (Å²) in [5.74, 6) is -1.37. The van der Waals surface area contributed by atoms with Gasteiger partial charge in [0.1, 0.15) is 0 Å². The van der Waals surface area contributed by atoms with Crippen molar-refractivity contribution in [3.8, 4) is 0 Å². The molecule has 0 radical (unpaired) electrons. The number of rotatable bonds is 2. The average molecular weight is 175 g/mol. The lowest BCUT2D eigenvalue weighted by molar-refractivity contribution is -0.138. The van der Waals surface area contributed by atoms with Crippen LogP contribution in [0.3, 0.4) is 0 Å². The summed E-state index contributed by atoms with van der Waals surface area (Å²) in [6, 6.07) is 6.60. The number of benzene rings is 1. The number of carboxylic acid groups (broad SMARTS) is 1. The van der Waals surface area contributed by atoms with E-state index in [1.54, 1.807) is 31.2 Å². The molecule has 0 bridgehead atoms. The van der Waals surface area contributed by atoms with Crippen molar-refractivity contribution < 1.29 is 9.90 Å². The fourth-order valence-electron chi connectivity index (χ4n) is 0.980. The third kappa shape index (κ3) is 2.06. The first kappa shape index (κ1) is 9.27. The van der Waals surface area contributed by atoms with Crippen LogP contribution < -0.4 is 0 Å². The highest BCUT2D eigenvalue weighted by Gasteiger charge is 2.12. The van der Waals surface area contributed by atoms with Crippen LogP contribution in [0.15, 0.2) is 24.3 Å². The summed E-state index contributed by atoms with van der Waals surface area (Å²) in [7, 11) is 0. The molecule has 0 aliphatic heterocycles. The van der Waals surface area contributed by atoms with E-state index in [9.17, 15) is 4.79 Å². The molecule has 66 valence electrons. The van der Waals surface area contributed by atoms with Crippen LogP contribution in [-0.2, 0) is 4.79 Å². The molecular weight excluding hydrogens is 166 g/mol. The molecule has 1 aromatic rings. The zero-order valence-electron chi connectivity index (χ0n) is 7.19.